The van der Waals surface area contributed by atoms with Crippen LogP contribution in [0.2, 0.25) is 0 Å². The summed E-state index contributed by atoms with van der Waals surface area (Å²) in [6.45, 7) is 2.92. The van der Waals surface area contributed by atoms with Gasteiger partial charge in [0.05, 0.1) is 0 Å². The fourth-order valence-electron chi connectivity index (χ4n) is 0.0417. The van der Waals surface area contributed by atoms with Gasteiger partial charge in [0, 0.05) is 0 Å². The van der Waals surface area contributed by atoms with Crippen LogP contribution in [-0.2, 0) is 0 Å². The minimum atomic E-state index is 1.18. The van der Waals surface area contributed by atoms with Crippen LogP contribution >= 0.6 is 0 Å². The molecular formula is Se2Si2. The van der Waals surface area contributed by atoms with Crippen molar-refractivity contribution in [2.45, 2.75) is 0 Å². The van der Waals surface area contributed by atoms with Gasteiger partial charge in [0.1, 0.15) is 0 Å². The number of hydrogen-bond acceptors (Lipinski definition) is 0. The number of hydrogen-bond donors (Lipinski definition) is 0. The van der Waals surface area contributed by atoms with E-state index in [-0.39, 0.29) is 0 Å². The SMILES string of the molecule is [Si]1[Se][Si][Se]1. The van der Waals surface area contributed by atoms with Crippen LogP contribution in [0.25, 0.3) is 0 Å². The van der Waals surface area contributed by atoms with Crippen LogP contribution in [0.3, 0.4) is 0 Å². The van der Waals surface area contributed by atoms with Crippen molar-refractivity contribution in [3.63, 3.8) is 0 Å². The first kappa shape index (κ1) is 3.66. The normalized spacial score (nSPS) is 24.0. The van der Waals surface area contributed by atoms with Gasteiger partial charge in [0.25, 0.3) is 0 Å². The maximum atomic E-state index is 1.46. The Hall–Kier alpha value is 1.47. The molecule has 0 bridgehead atoms. The third kappa shape index (κ3) is 0.709. The molecule has 0 nitrogen and oxygen atoms in total. The Morgan fingerprint density at radius 2 is 1.25 bits per heavy atom. The Kier molecular flexibility index (Phi) is 1.65. The Labute approximate surface area is 40.9 Å². The van der Waals surface area contributed by atoms with Crippen LogP contribution < -0.4 is 0 Å². The van der Waals surface area contributed by atoms with E-state index in [4.69, 9.17) is 0 Å². The molecule has 0 aliphatic carbocycles. The van der Waals surface area contributed by atoms with Gasteiger partial charge in [0.2, 0.25) is 0 Å². The third-order valence-electron chi connectivity index (χ3n) is 0.167. The fraction of sp³-hybridized carbons (Fsp3) is 0. The molecule has 0 saturated carbocycles. The van der Waals surface area contributed by atoms with E-state index in [0.717, 1.165) is 0 Å². The van der Waals surface area contributed by atoms with Crippen molar-refractivity contribution < 1.29 is 0 Å². The molecule has 0 spiro atoms. The summed E-state index contributed by atoms with van der Waals surface area (Å²) in [6, 6.07) is 0. The van der Waals surface area contributed by atoms with E-state index in [9.17, 15) is 0 Å². The van der Waals surface area contributed by atoms with Gasteiger partial charge in [-0.1, -0.05) is 0 Å². The first-order valence-electron chi connectivity index (χ1n) is 0.816. The van der Waals surface area contributed by atoms with E-state index in [1.54, 1.807) is 0 Å². The molecule has 0 atom stereocenters. The second-order valence-electron chi connectivity index (χ2n) is 0.371. The van der Waals surface area contributed by atoms with Gasteiger partial charge in [0.15, 0.2) is 0 Å². The fourth-order valence-corrected chi connectivity index (χ4v) is 10.1. The van der Waals surface area contributed by atoms with Crippen molar-refractivity contribution in [1.29, 1.82) is 0 Å². The van der Waals surface area contributed by atoms with Gasteiger partial charge in [-0.3, -0.25) is 0 Å². The molecule has 0 N–H and O–H groups in total. The predicted octanol–water partition coefficient (Wildman–Crippen LogP) is -1.52. The topological polar surface area (TPSA) is 0 Å². The predicted molar refractivity (Wildman–Crippen MR) is 23.0 cm³/mol. The van der Waals surface area contributed by atoms with E-state index in [1.165, 1.54) is 40.8 Å². The molecule has 0 aromatic carbocycles. The molecule has 1 aliphatic heterocycles. The summed E-state index contributed by atoms with van der Waals surface area (Å²) >= 11 is 2.36. The Balaban J connectivity index is 2.00. The summed E-state index contributed by atoms with van der Waals surface area (Å²) in [6.07, 6.45) is 0. The molecule has 0 aromatic heterocycles. The average Bonchev–Trinajstić information content (AvgIpc) is 0.722. The Morgan fingerprint density at radius 1 is 1.00 bits per heavy atom. The van der Waals surface area contributed by atoms with E-state index in [2.05, 4.69) is 0 Å². The molecular weight excluding hydrogens is 214 g/mol. The molecule has 1 rings (SSSR count). The summed E-state index contributed by atoms with van der Waals surface area (Å²) in [5.74, 6) is 0. The summed E-state index contributed by atoms with van der Waals surface area (Å²) in [7, 11) is 0. The van der Waals surface area contributed by atoms with E-state index in [1.807, 2.05) is 0 Å². The minimum absolute atomic E-state index is 1.18. The van der Waals surface area contributed by atoms with Crippen molar-refractivity contribution >= 4 is 40.8 Å². The molecule has 0 amide bonds. The monoisotopic (exact) mass is 216 g/mol. The summed E-state index contributed by atoms with van der Waals surface area (Å²) in [5.41, 5.74) is 0. The zero-order valence-corrected chi connectivity index (χ0v) is 7.24. The van der Waals surface area contributed by atoms with E-state index < -0.39 is 0 Å². The molecule has 0 unspecified atom stereocenters. The van der Waals surface area contributed by atoms with Crippen LogP contribution in [-0.4, -0.2) is 40.8 Å². The van der Waals surface area contributed by atoms with Crippen LogP contribution in [0.5, 0.6) is 0 Å². The zero-order chi connectivity index (χ0) is 2.83. The quantitative estimate of drug-likeness (QED) is 0.429. The Morgan fingerprint density at radius 3 is 1.25 bits per heavy atom. The van der Waals surface area contributed by atoms with E-state index >= 15 is 0 Å². The van der Waals surface area contributed by atoms with Crippen LogP contribution in [0.1, 0.15) is 0 Å². The number of rotatable bonds is 0. The average molecular weight is 214 g/mol. The standard InChI is InChI=1S/Se2Si2/c1-3-2-4-1. The van der Waals surface area contributed by atoms with Gasteiger partial charge in [-0.2, -0.15) is 0 Å². The summed E-state index contributed by atoms with van der Waals surface area (Å²) < 4.78 is 0. The van der Waals surface area contributed by atoms with Crippen LogP contribution in [0.4, 0.5) is 0 Å². The van der Waals surface area contributed by atoms with Gasteiger partial charge in [-0.25, -0.2) is 0 Å². The second kappa shape index (κ2) is 1.80. The Bertz CT molecular complexity index is 12.0. The van der Waals surface area contributed by atoms with Crippen LogP contribution in [0, 0.1) is 0 Å². The molecule has 4 heteroatoms. The van der Waals surface area contributed by atoms with Crippen LogP contribution in [0.15, 0.2) is 0 Å². The zero-order valence-electron chi connectivity index (χ0n) is 1.82. The summed E-state index contributed by atoms with van der Waals surface area (Å²) in [5, 5.41) is 0. The third-order valence-corrected chi connectivity index (χ3v) is 40.5. The molecule has 1 aliphatic rings. The van der Waals surface area contributed by atoms with Gasteiger partial charge < -0.3 is 0 Å². The first-order valence-corrected chi connectivity index (χ1v) is 12.7. The molecule has 0 aromatic rings. The molecule has 4 heavy (non-hydrogen) atoms. The van der Waals surface area contributed by atoms with Gasteiger partial charge in [-0.15, -0.1) is 0 Å². The molecule has 4 radical (unpaired) electrons. The van der Waals surface area contributed by atoms with Crippen molar-refractivity contribution in [2.75, 3.05) is 0 Å². The van der Waals surface area contributed by atoms with Crippen molar-refractivity contribution in [3.05, 3.63) is 0 Å². The van der Waals surface area contributed by atoms with Gasteiger partial charge >= 0.3 is 40.8 Å². The van der Waals surface area contributed by atoms with Crippen molar-refractivity contribution in [2.24, 2.45) is 0 Å². The van der Waals surface area contributed by atoms with Gasteiger partial charge in [-0.05, 0) is 0 Å². The molecule has 1 heterocycles. The van der Waals surface area contributed by atoms with E-state index in [0.29, 0.717) is 0 Å². The van der Waals surface area contributed by atoms with Crippen molar-refractivity contribution in [3.8, 4) is 0 Å². The first-order chi connectivity index (χ1) is 2.00. The molecule has 1 saturated heterocycles. The summed E-state index contributed by atoms with van der Waals surface area (Å²) in [4.78, 5) is 0. The molecule has 1 fully saturated rings. The maximum absolute atomic E-state index is 1.46. The van der Waals surface area contributed by atoms with Crippen molar-refractivity contribution in [1.82, 2.24) is 0 Å². The second-order valence-corrected chi connectivity index (χ2v) is 23.0. The molecule has 20 valence electrons.